The van der Waals surface area contributed by atoms with Crippen LogP contribution in [-0.4, -0.2) is 30.9 Å². The van der Waals surface area contributed by atoms with Crippen LogP contribution >= 0.6 is 0 Å². The van der Waals surface area contributed by atoms with E-state index in [4.69, 9.17) is 4.74 Å². The van der Waals surface area contributed by atoms with Gasteiger partial charge in [-0.1, -0.05) is 42.5 Å². The number of rotatable bonds is 4. The Morgan fingerprint density at radius 2 is 1.61 bits per heavy atom. The molecule has 1 heterocycles. The van der Waals surface area contributed by atoms with E-state index in [2.05, 4.69) is 5.32 Å². The van der Waals surface area contributed by atoms with Gasteiger partial charge in [0.1, 0.15) is 5.75 Å². The second kappa shape index (κ2) is 8.61. The molecule has 2 atom stereocenters. The predicted molar refractivity (Wildman–Crippen MR) is 117 cm³/mol. The summed E-state index contributed by atoms with van der Waals surface area (Å²) in [5.41, 5.74) is 0.191. The van der Waals surface area contributed by atoms with E-state index in [1.54, 1.807) is 55.6 Å². The van der Waals surface area contributed by atoms with Gasteiger partial charge < -0.3 is 15.0 Å². The van der Waals surface area contributed by atoms with E-state index in [0.29, 0.717) is 22.4 Å². The minimum atomic E-state index is -4.63. The van der Waals surface area contributed by atoms with E-state index in [1.807, 2.05) is 0 Å². The molecule has 0 unspecified atom stereocenters. The van der Waals surface area contributed by atoms with Gasteiger partial charge in [-0.25, -0.2) is 0 Å². The lowest BCUT2D eigenvalue weighted by molar-refractivity contribution is -0.137. The number of carbonyl (C=O) groups is 2. The highest BCUT2D eigenvalue weighted by molar-refractivity contribution is 6.04. The second-order valence-electron chi connectivity index (χ2n) is 7.73. The summed E-state index contributed by atoms with van der Waals surface area (Å²) >= 11 is 0. The number of benzene rings is 3. The Kier molecular flexibility index (Phi) is 5.84. The van der Waals surface area contributed by atoms with Crippen LogP contribution in [0.25, 0.3) is 0 Å². The molecule has 1 aliphatic rings. The third-order valence-electron chi connectivity index (χ3n) is 5.81. The summed E-state index contributed by atoms with van der Waals surface area (Å²) in [6, 6.07) is 17.7. The van der Waals surface area contributed by atoms with Crippen molar-refractivity contribution in [1.82, 2.24) is 4.90 Å². The molecule has 0 radical (unpaired) electrons. The number of methoxy groups -OCH3 is 1. The summed E-state index contributed by atoms with van der Waals surface area (Å²) in [5.74, 6) is -1.24. The molecule has 4 rings (SSSR count). The van der Waals surface area contributed by atoms with Gasteiger partial charge in [-0.15, -0.1) is 0 Å². The van der Waals surface area contributed by atoms with Crippen LogP contribution in [0.15, 0.2) is 72.8 Å². The Morgan fingerprint density at radius 3 is 2.27 bits per heavy atom. The number of alkyl halides is 3. The van der Waals surface area contributed by atoms with Gasteiger partial charge in [-0.3, -0.25) is 9.59 Å². The average molecular weight is 454 g/mol. The Labute approximate surface area is 188 Å². The molecule has 170 valence electrons. The van der Waals surface area contributed by atoms with Crippen molar-refractivity contribution in [2.45, 2.75) is 18.1 Å². The minimum Gasteiger partial charge on any atom is -0.497 e. The first-order valence-corrected chi connectivity index (χ1v) is 10.2. The van der Waals surface area contributed by atoms with Crippen LogP contribution in [0, 0.1) is 0 Å². The summed E-state index contributed by atoms with van der Waals surface area (Å²) in [5, 5.41) is 2.46. The number of carbonyl (C=O) groups excluding carboxylic acids is 2. The van der Waals surface area contributed by atoms with Gasteiger partial charge in [0, 0.05) is 12.6 Å². The molecule has 1 N–H and O–H groups in total. The lowest BCUT2D eigenvalue weighted by Gasteiger charge is -2.39. The fourth-order valence-electron chi connectivity index (χ4n) is 4.22. The van der Waals surface area contributed by atoms with E-state index >= 15 is 0 Å². The first-order chi connectivity index (χ1) is 15.7. The average Bonchev–Trinajstić information content (AvgIpc) is 2.81. The number of nitrogens with zero attached hydrogens (tertiary/aromatic N) is 1. The topological polar surface area (TPSA) is 58.6 Å². The van der Waals surface area contributed by atoms with Crippen LogP contribution in [0.1, 0.15) is 39.0 Å². The molecule has 3 aromatic rings. The fourth-order valence-corrected chi connectivity index (χ4v) is 4.22. The third-order valence-corrected chi connectivity index (χ3v) is 5.81. The van der Waals surface area contributed by atoms with Crippen molar-refractivity contribution in [3.8, 4) is 5.75 Å². The standard InChI is InChI=1S/C25H21F3N2O3/c1-30-22(15-11-13-16(33-2)14-12-15)21(17-7-3-4-8-18(17)24(30)32)23(31)29-20-10-6-5-9-19(20)25(26,27)28/h3-14,21-22H,1-2H3,(H,29,31)/t21-,22-/m0/s1. The Bertz CT molecular complexity index is 1190. The molecule has 0 aromatic heterocycles. The summed E-state index contributed by atoms with van der Waals surface area (Å²) in [6.07, 6.45) is -4.63. The summed E-state index contributed by atoms with van der Waals surface area (Å²) in [6.45, 7) is 0. The van der Waals surface area contributed by atoms with E-state index < -0.39 is 29.6 Å². The number of amides is 2. The fraction of sp³-hybridized carbons (Fsp3) is 0.200. The molecular weight excluding hydrogens is 433 g/mol. The Morgan fingerprint density at radius 1 is 0.970 bits per heavy atom. The molecule has 0 saturated carbocycles. The van der Waals surface area contributed by atoms with Crippen molar-refractivity contribution in [3.63, 3.8) is 0 Å². The number of nitrogens with one attached hydrogen (secondary N) is 1. The SMILES string of the molecule is COc1ccc([C@H]2[C@@H](C(=O)Nc3ccccc3C(F)(F)F)c3ccccc3C(=O)N2C)cc1. The van der Waals surface area contributed by atoms with Crippen LogP contribution in [0.5, 0.6) is 5.75 Å². The zero-order valence-corrected chi connectivity index (χ0v) is 17.9. The van der Waals surface area contributed by atoms with Gasteiger partial charge in [0.15, 0.2) is 0 Å². The number of halogens is 3. The normalized spacial score (nSPS) is 18.0. The molecule has 2 amide bonds. The van der Waals surface area contributed by atoms with Gasteiger partial charge in [-0.05, 0) is 41.5 Å². The van der Waals surface area contributed by atoms with Crippen LogP contribution in [-0.2, 0) is 11.0 Å². The summed E-state index contributed by atoms with van der Waals surface area (Å²) in [4.78, 5) is 28.0. The quantitative estimate of drug-likeness (QED) is 0.585. The smallest absolute Gasteiger partial charge is 0.418 e. The maximum absolute atomic E-state index is 13.5. The van der Waals surface area contributed by atoms with Crippen molar-refractivity contribution in [1.29, 1.82) is 0 Å². The van der Waals surface area contributed by atoms with E-state index in [9.17, 15) is 22.8 Å². The summed E-state index contributed by atoms with van der Waals surface area (Å²) in [7, 11) is 3.10. The number of ether oxygens (including phenoxy) is 1. The highest BCUT2D eigenvalue weighted by Gasteiger charge is 2.43. The highest BCUT2D eigenvalue weighted by Crippen LogP contribution is 2.43. The molecular formula is C25H21F3N2O3. The molecule has 0 bridgehead atoms. The van der Waals surface area contributed by atoms with E-state index in [-0.39, 0.29) is 11.6 Å². The largest absolute Gasteiger partial charge is 0.497 e. The number of fused-ring (bicyclic) bond motifs is 1. The molecule has 1 aliphatic heterocycles. The molecule has 0 fully saturated rings. The molecule has 0 spiro atoms. The van der Waals surface area contributed by atoms with Crippen LogP contribution in [0.2, 0.25) is 0 Å². The van der Waals surface area contributed by atoms with Crippen molar-refractivity contribution >= 4 is 17.5 Å². The minimum absolute atomic E-state index is 0.272. The van der Waals surface area contributed by atoms with Crippen molar-refractivity contribution in [2.24, 2.45) is 0 Å². The van der Waals surface area contributed by atoms with Crippen molar-refractivity contribution in [3.05, 3.63) is 95.1 Å². The predicted octanol–water partition coefficient (Wildman–Crippen LogP) is 5.26. The number of hydrogen-bond donors (Lipinski definition) is 1. The highest BCUT2D eigenvalue weighted by atomic mass is 19.4. The zero-order valence-electron chi connectivity index (χ0n) is 17.9. The molecule has 0 aliphatic carbocycles. The third kappa shape index (κ3) is 4.16. The first-order valence-electron chi connectivity index (χ1n) is 10.2. The molecule has 0 saturated heterocycles. The number of para-hydroxylation sites is 1. The molecule has 8 heteroatoms. The Balaban J connectivity index is 1.81. The van der Waals surface area contributed by atoms with E-state index in [0.717, 1.165) is 6.07 Å². The lowest BCUT2D eigenvalue weighted by atomic mass is 9.79. The Hall–Kier alpha value is -3.81. The van der Waals surface area contributed by atoms with Gasteiger partial charge in [0.25, 0.3) is 5.91 Å². The van der Waals surface area contributed by atoms with Gasteiger partial charge in [-0.2, -0.15) is 13.2 Å². The molecule has 33 heavy (non-hydrogen) atoms. The van der Waals surface area contributed by atoms with Crippen LogP contribution < -0.4 is 10.1 Å². The lowest BCUT2D eigenvalue weighted by Crippen LogP contribution is -2.44. The van der Waals surface area contributed by atoms with Crippen LogP contribution in [0.4, 0.5) is 18.9 Å². The monoisotopic (exact) mass is 454 g/mol. The van der Waals surface area contributed by atoms with Crippen LogP contribution in [0.3, 0.4) is 0 Å². The maximum Gasteiger partial charge on any atom is 0.418 e. The molecule has 3 aromatic carbocycles. The van der Waals surface area contributed by atoms with Gasteiger partial charge in [0.05, 0.1) is 30.3 Å². The number of likely N-dealkylation sites (N-methyl/N-ethyl adjacent to an activating group) is 1. The van der Waals surface area contributed by atoms with E-state index in [1.165, 1.54) is 30.2 Å². The van der Waals surface area contributed by atoms with Crippen molar-refractivity contribution < 1.29 is 27.5 Å². The second-order valence-corrected chi connectivity index (χ2v) is 7.73. The number of anilines is 1. The maximum atomic E-state index is 13.5. The zero-order chi connectivity index (χ0) is 23.8. The molecule has 5 nitrogen and oxygen atoms in total. The van der Waals surface area contributed by atoms with Gasteiger partial charge >= 0.3 is 6.18 Å². The number of hydrogen-bond acceptors (Lipinski definition) is 3. The first kappa shape index (κ1) is 22.4. The van der Waals surface area contributed by atoms with Crippen molar-refractivity contribution in [2.75, 3.05) is 19.5 Å². The van der Waals surface area contributed by atoms with Gasteiger partial charge in [0.2, 0.25) is 5.91 Å². The summed E-state index contributed by atoms with van der Waals surface area (Å²) < 4.78 is 45.7.